The number of methoxy groups -OCH3 is 1. The van der Waals surface area contributed by atoms with Gasteiger partial charge in [0.2, 0.25) is 0 Å². The van der Waals surface area contributed by atoms with Crippen LogP contribution < -0.4 is 0 Å². The van der Waals surface area contributed by atoms with Crippen molar-refractivity contribution in [1.82, 2.24) is 15.0 Å². The average molecular weight is 420 g/mol. The minimum absolute atomic E-state index is 0.347. The molecule has 3 rings (SSSR count). The molecule has 0 radical (unpaired) electrons. The fraction of sp³-hybridized carbons (Fsp3) is 0.400. The molecule has 0 amide bonds. The summed E-state index contributed by atoms with van der Waals surface area (Å²) in [6.45, 7) is 4.02. The van der Waals surface area contributed by atoms with Crippen molar-refractivity contribution in [2.24, 2.45) is 0 Å². The van der Waals surface area contributed by atoms with Gasteiger partial charge in [-0.15, -0.1) is 11.8 Å². The minimum atomic E-state index is -1.27. The second-order valence-electron chi connectivity index (χ2n) is 6.24. The number of aromatic nitrogens is 3. The van der Waals surface area contributed by atoms with Crippen molar-refractivity contribution < 1.29 is 13.7 Å². The van der Waals surface area contributed by atoms with Crippen LogP contribution in [0.5, 0.6) is 0 Å². The van der Waals surface area contributed by atoms with Gasteiger partial charge in [0.25, 0.3) is 0 Å². The Balaban J connectivity index is 1.57. The number of rotatable bonds is 11. The number of nitrogens with one attached hydrogen (secondary N) is 1. The number of aromatic amines is 1. The number of fused-ring (bicyclic) bond motifs is 1. The van der Waals surface area contributed by atoms with Crippen molar-refractivity contribution in [3.8, 4) is 0 Å². The maximum Gasteiger partial charge on any atom is 0.197 e. The maximum atomic E-state index is 12.8. The minimum Gasteiger partial charge on any atom is -0.382 e. The normalized spacial score (nSPS) is 12.5. The highest BCUT2D eigenvalue weighted by molar-refractivity contribution is 7.99. The Hall–Kier alpha value is -1.74. The van der Waals surface area contributed by atoms with Gasteiger partial charge in [0, 0.05) is 30.6 Å². The number of benzene rings is 1. The molecule has 1 aromatic carbocycles. The first-order chi connectivity index (χ1) is 13.7. The van der Waals surface area contributed by atoms with Gasteiger partial charge in [0.15, 0.2) is 5.16 Å². The van der Waals surface area contributed by atoms with Crippen LogP contribution in [0.2, 0.25) is 0 Å². The van der Waals surface area contributed by atoms with Gasteiger partial charge in [-0.25, -0.2) is 4.98 Å². The standard InChI is InChI=1S/C20H25N3O3S2/c1-15-18(14-28(24)20-22-16-6-3-4-7-17(16)23-20)21-9-8-19(15)27-13-5-10-26-12-11-25-2/h3-4,6-9H,5,10-14H2,1-2H3,(H,22,23). The number of hydrogen-bond acceptors (Lipinski definition) is 6. The summed E-state index contributed by atoms with van der Waals surface area (Å²) in [6, 6.07) is 9.71. The summed E-state index contributed by atoms with van der Waals surface area (Å²) >= 11 is 1.78. The molecule has 0 aliphatic heterocycles. The summed E-state index contributed by atoms with van der Waals surface area (Å²) in [5, 5.41) is 0.494. The molecule has 0 saturated carbocycles. The smallest absolute Gasteiger partial charge is 0.197 e. The van der Waals surface area contributed by atoms with Crippen molar-refractivity contribution in [2.75, 3.05) is 32.7 Å². The number of ether oxygens (including phenoxy) is 2. The molecule has 0 aliphatic carbocycles. The molecular weight excluding hydrogens is 394 g/mol. The van der Waals surface area contributed by atoms with Crippen LogP contribution in [-0.2, 0) is 26.0 Å². The second kappa shape index (κ2) is 10.7. The zero-order chi connectivity index (χ0) is 19.8. The highest BCUT2D eigenvalue weighted by Crippen LogP contribution is 2.25. The molecule has 0 saturated heterocycles. The van der Waals surface area contributed by atoms with Crippen LogP contribution in [0.25, 0.3) is 11.0 Å². The third-order valence-electron chi connectivity index (χ3n) is 4.23. The molecule has 1 unspecified atom stereocenters. The molecule has 8 heteroatoms. The number of imidazole rings is 1. The van der Waals surface area contributed by atoms with E-state index in [4.69, 9.17) is 9.47 Å². The first-order valence-corrected chi connectivity index (χ1v) is 11.5. The highest BCUT2D eigenvalue weighted by Gasteiger charge is 2.14. The molecule has 0 spiro atoms. The van der Waals surface area contributed by atoms with Crippen molar-refractivity contribution in [3.05, 3.63) is 47.8 Å². The van der Waals surface area contributed by atoms with Gasteiger partial charge < -0.3 is 14.5 Å². The van der Waals surface area contributed by atoms with Crippen LogP contribution in [-0.4, -0.2) is 51.8 Å². The van der Waals surface area contributed by atoms with Gasteiger partial charge in [-0.3, -0.25) is 9.19 Å². The van der Waals surface area contributed by atoms with Gasteiger partial charge in [-0.1, -0.05) is 12.1 Å². The topological polar surface area (TPSA) is 77.1 Å². The van der Waals surface area contributed by atoms with Crippen LogP contribution >= 0.6 is 11.8 Å². The molecule has 1 atom stereocenters. The summed E-state index contributed by atoms with van der Waals surface area (Å²) in [7, 11) is 0.403. The Kier molecular flexibility index (Phi) is 8.02. The van der Waals surface area contributed by atoms with Crippen LogP contribution in [0.15, 0.2) is 46.6 Å². The van der Waals surface area contributed by atoms with E-state index in [1.54, 1.807) is 25.1 Å². The lowest BCUT2D eigenvalue weighted by molar-refractivity contribution is 0.0713. The quantitative estimate of drug-likeness (QED) is 0.377. The Bertz CT molecular complexity index is 897. The SMILES string of the molecule is COCCOCCCSc1ccnc(CS(=O)c2nc3ccccc3[nH]2)c1C. The number of H-pyrrole nitrogens is 1. The zero-order valence-electron chi connectivity index (χ0n) is 16.1. The summed E-state index contributed by atoms with van der Waals surface area (Å²) in [5.74, 6) is 1.31. The first kappa shape index (κ1) is 21.0. The Morgan fingerprint density at radius 1 is 1.18 bits per heavy atom. The van der Waals surface area contributed by atoms with E-state index in [0.717, 1.165) is 41.1 Å². The molecule has 6 nitrogen and oxygen atoms in total. The molecule has 0 aliphatic rings. The van der Waals surface area contributed by atoms with Gasteiger partial charge in [-0.05, 0) is 37.1 Å². The number of para-hydroxylation sites is 2. The molecule has 1 N–H and O–H groups in total. The third kappa shape index (κ3) is 5.64. The van der Waals surface area contributed by atoms with Crippen molar-refractivity contribution >= 4 is 33.6 Å². The molecule has 2 aromatic heterocycles. The second-order valence-corrected chi connectivity index (χ2v) is 8.74. The van der Waals surface area contributed by atoms with Crippen LogP contribution in [0.4, 0.5) is 0 Å². The van der Waals surface area contributed by atoms with E-state index in [0.29, 0.717) is 24.1 Å². The summed E-state index contributed by atoms with van der Waals surface area (Å²) in [4.78, 5) is 13.2. The van der Waals surface area contributed by atoms with Crippen LogP contribution in [0.1, 0.15) is 17.7 Å². The highest BCUT2D eigenvalue weighted by atomic mass is 32.2. The third-order valence-corrected chi connectivity index (χ3v) is 6.64. The number of pyridine rings is 1. The average Bonchev–Trinajstić information content (AvgIpc) is 3.14. The molecule has 28 heavy (non-hydrogen) atoms. The monoisotopic (exact) mass is 419 g/mol. The molecule has 3 aromatic rings. The predicted molar refractivity (Wildman–Crippen MR) is 113 cm³/mol. The van der Waals surface area contributed by atoms with E-state index in [2.05, 4.69) is 15.0 Å². The van der Waals surface area contributed by atoms with E-state index in [1.807, 2.05) is 37.3 Å². The van der Waals surface area contributed by atoms with Gasteiger partial charge >= 0.3 is 0 Å². The number of nitrogens with zero attached hydrogens (tertiary/aromatic N) is 2. The Morgan fingerprint density at radius 3 is 2.86 bits per heavy atom. The number of thioether (sulfide) groups is 1. The fourth-order valence-electron chi connectivity index (χ4n) is 2.68. The summed E-state index contributed by atoms with van der Waals surface area (Å²) < 4.78 is 23.2. The fourth-order valence-corrected chi connectivity index (χ4v) is 4.75. The lowest BCUT2D eigenvalue weighted by Crippen LogP contribution is -2.04. The van der Waals surface area contributed by atoms with Gasteiger partial charge in [0.05, 0.1) is 46.5 Å². The van der Waals surface area contributed by atoms with E-state index in [9.17, 15) is 4.21 Å². The van der Waals surface area contributed by atoms with Crippen LogP contribution in [0.3, 0.4) is 0 Å². The van der Waals surface area contributed by atoms with Crippen molar-refractivity contribution in [2.45, 2.75) is 29.1 Å². The predicted octanol–water partition coefficient (Wildman–Crippen LogP) is 3.72. The molecular formula is C20H25N3O3S2. The van der Waals surface area contributed by atoms with E-state index >= 15 is 0 Å². The first-order valence-electron chi connectivity index (χ1n) is 9.16. The van der Waals surface area contributed by atoms with E-state index < -0.39 is 10.8 Å². The van der Waals surface area contributed by atoms with Gasteiger partial charge in [-0.2, -0.15) is 0 Å². The van der Waals surface area contributed by atoms with Crippen molar-refractivity contribution in [1.29, 1.82) is 0 Å². The largest absolute Gasteiger partial charge is 0.382 e. The summed E-state index contributed by atoms with van der Waals surface area (Å²) in [6.07, 6.45) is 2.76. The number of hydrogen-bond donors (Lipinski definition) is 1. The Morgan fingerprint density at radius 2 is 2.04 bits per heavy atom. The lowest BCUT2D eigenvalue weighted by Gasteiger charge is -2.10. The van der Waals surface area contributed by atoms with Crippen LogP contribution in [0, 0.1) is 6.92 Å². The molecule has 2 heterocycles. The molecule has 0 fully saturated rings. The van der Waals surface area contributed by atoms with E-state index in [-0.39, 0.29) is 0 Å². The zero-order valence-corrected chi connectivity index (χ0v) is 17.8. The summed E-state index contributed by atoms with van der Waals surface area (Å²) in [5.41, 5.74) is 3.65. The van der Waals surface area contributed by atoms with E-state index in [1.165, 1.54) is 4.90 Å². The van der Waals surface area contributed by atoms with Crippen molar-refractivity contribution in [3.63, 3.8) is 0 Å². The molecule has 150 valence electrons. The van der Waals surface area contributed by atoms with Gasteiger partial charge in [0.1, 0.15) is 0 Å². The molecule has 0 bridgehead atoms. The lowest BCUT2D eigenvalue weighted by atomic mass is 10.2. The Labute approximate surface area is 171 Å². The maximum absolute atomic E-state index is 12.8.